The van der Waals surface area contributed by atoms with E-state index < -0.39 is 0 Å². The van der Waals surface area contributed by atoms with Gasteiger partial charge in [0.15, 0.2) is 0 Å². The second-order valence-electron chi connectivity index (χ2n) is 3.37. The molecule has 1 aromatic carbocycles. The Hall–Kier alpha value is -1.26. The molecule has 0 saturated carbocycles. The molecule has 0 unspecified atom stereocenters. The van der Waals surface area contributed by atoms with Crippen LogP contribution in [-0.2, 0) is 11.2 Å². The summed E-state index contributed by atoms with van der Waals surface area (Å²) < 4.78 is 5.46. The van der Waals surface area contributed by atoms with E-state index in [4.69, 9.17) is 11.2 Å². The maximum Gasteiger partial charge on any atom is 0.143 e. The molecule has 0 radical (unpaired) electrons. The molecule has 1 heteroatoms. The number of terminal acetylenes is 1. The largest absolute Gasteiger partial charge is 0.360 e. The molecule has 1 nitrogen and oxygen atoms in total. The van der Waals surface area contributed by atoms with Crippen LogP contribution in [0, 0.1) is 19.3 Å². The first kappa shape index (κ1) is 8.34. The Morgan fingerprint density at radius 3 is 3.15 bits per heavy atom. The first-order valence-electron chi connectivity index (χ1n) is 4.48. The van der Waals surface area contributed by atoms with Crippen molar-refractivity contribution in [2.45, 2.75) is 19.4 Å². The van der Waals surface area contributed by atoms with Gasteiger partial charge in [0.2, 0.25) is 0 Å². The van der Waals surface area contributed by atoms with Crippen LogP contribution in [0.2, 0.25) is 0 Å². The lowest BCUT2D eigenvalue weighted by Crippen LogP contribution is -2.14. The van der Waals surface area contributed by atoms with Gasteiger partial charge in [0.1, 0.15) is 6.10 Å². The quantitative estimate of drug-likeness (QED) is 0.545. The van der Waals surface area contributed by atoms with Crippen LogP contribution in [0.4, 0.5) is 0 Å². The maximum atomic E-state index is 5.46. The number of ether oxygens (including phenoxy) is 1. The molecule has 0 N–H and O–H groups in total. The summed E-state index contributed by atoms with van der Waals surface area (Å²) in [6.45, 7) is 2.84. The van der Waals surface area contributed by atoms with Crippen LogP contribution in [0.1, 0.15) is 22.8 Å². The molecule has 0 saturated heterocycles. The molecular formula is C12H12O. The van der Waals surface area contributed by atoms with Crippen LogP contribution in [0.25, 0.3) is 0 Å². The van der Waals surface area contributed by atoms with Gasteiger partial charge in [-0.05, 0) is 24.5 Å². The summed E-state index contributed by atoms with van der Waals surface area (Å²) in [7, 11) is 0. The van der Waals surface area contributed by atoms with Crippen molar-refractivity contribution in [3.05, 3.63) is 34.9 Å². The Kier molecular flexibility index (Phi) is 2.08. The molecule has 0 amide bonds. The van der Waals surface area contributed by atoms with Crippen molar-refractivity contribution < 1.29 is 4.74 Å². The molecule has 0 aromatic heterocycles. The van der Waals surface area contributed by atoms with Gasteiger partial charge in [0.25, 0.3) is 0 Å². The van der Waals surface area contributed by atoms with Gasteiger partial charge < -0.3 is 4.74 Å². The summed E-state index contributed by atoms with van der Waals surface area (Å²) in [5, 5.41) is 0. The van der Waals surface area contributed by atoms with Crippen molar-refractivity contribution in [2.24, 2.45) is 0 Å². The number of hydrogen-bond acceptors (Lipinski definition) is 1. The molecular weight excluding hydrogens is 160 g/mol. The van der Waals surface area contributed by atoms with E-state index in [0.717, 1.165) is 13.0 Å². The van der Waals surface area contributed by atoms with E-state index in [2.05, 4.69) is 31.0 Å². The minimum Gasteiger partial charge on any atom is -0.360 e. The van der Waals surface area contributed by atoms with Crippen molar-refractivity contribution in [3.8, 4) is 12.3 Å². The Balaban J connectivity index is 2.47. The third-order valence-corrected chi connectivity index (χ3v) is 2.39. The highest BCUT2D eigenvalue weighted by Gasteiger charge is 2.17. The second-order valence-corrected chi connectivity index (χ2v) is 3.37. The van der Waals surface area contributed by atoms with E-state index >= 15 is 0 Å². The monoisotopic (exact) mass is 172 g/mol. The number of fused-ring (bicyclic) bond motifs is 1. The highest BCUT2D eigenvalue weighted by atomic mass is 16.5. The highest BCUT2D eigenvalue weighted by molar-refractivity contribution is 5.37. The molecule has 66 valence electrons. The Morgan fingerprint density at radius 2 is 2.38 bits per heavy atom. The van der Waals surface area contributed by atoms with E-state index in [-0.39, 0.29) is 6.10 Å². The van der Waals surface area contributed by atoms with E-state index in [1.54, 1.807) is 0 Å². The van der Waals surface area contributed by atoms with Crippen LogP contribution in [0.3, 0.4) is 0 Å². The first-order valence-corrected chi connectivity index (χ1v) is 4.48. The Labute approximate surface area is 78.7 Å². The Morgan fingerprint density at radius 1 is 1.54 bits per heavy atom. The van der Waals surface area contributed by atoms with Crippen LogP contribution in [0.15, 0.2) is 18.2 Å². The second kappa shape index (κ2) is 3.24. The van der Waals surface area contributed by atoms with E-state index in [1.165, 1.54) is 16.7 Å². The lowest BCUT2D eigenvalue weighted by atomic mass is 9.96. The van der Waals surface area contributed by atoms with Crippen molar-refractivity contribution in [1.82, 2.24) is 0 Å². The minimum atomic E-state index is -0.135. The zero-order valence-corrected chi connectivity index (χ0v) is 7.71. The minimum absolute atomic E-state index is 0.135. The predicted molar refractivity (Wildman–Crippen MR) is 52.4 cm³/mol. The highest BCUT2D eigenvalue weighted by Crippen LogP contribution is 2.26. The van der Waals surface area contributed by atoms with Gasteiger partial charge in [0, 0.05) is 0 Å². The zero-order chi connectivity index (χ0) is 9.26. The van der Waals surface area contributed by atoms with Crippen molar-refractivity contribution in [2.75, 3.05) is 6.61 Å². The molecule has 1 aliphatic rings. The fourth-order valence-electron chi connectivity index (χ4n) is 1.72. The number of aryl methyl sites for hydroxylation is 1. The molecule has 13 heavy (non-hydrogen) atoms. The van der Waals surface area contributed by atoms with Crippen molar-refractivity contribution in [3.63, 3.8) is 0 Å². The third kappa shape index (κ3) is 1.46. The average molecular weight is 172 g/mol. The van der Waals surface area contributed by atoms with Gasteiger partial charge in [-0.25, -0.2) is 0 Å². The van der Waals surface area contributed by atoms with Gasteiger partial charge >= 0.3 is 0 Å². The SMILES string of the molecule is C#C[C@H]1OCCc2cc(C)ccc21. The average Bonchev–Trinajstić information content (AvgIpc) is 2.16. The molecule has 1 atom stereocenters. The summed E-state index contributed by atoms with van der Waals surface area (Å²) in [6, 6.07) is 6.36. The number of hydrogen-bond donors (Lipinski definition) is 0. The van der Waals surface area contributed by atoms with Gasteiger partial charge in [-0.15, -0.1) is 6.42 Å². The third-order valence-electron chi connectivity index (χ3n) is 2.39. The van der Waals surface area contributed by atoms with Gasteiger partial charge in [0.05, 0.1) is 6.61 Å². The Bertz CT molecular complexity index is 360. The van der Waals surface area contributed by atoms with Gasteiger partial charge in [-0.3, -0.25) is 0 Å². The standard InChI is InChI=1S/C12H12O/c1-3-12-11-5-4-9(2)8-10(11)6-7-13-12/h1,4-5,8,12H,6-7H2,2H3/t12-/m1/s1. The lowest BCUT2D eigenvalue weighted by Gasteiger charge is -2.22. The summed E-state index contributed by atoms with van der Waals surface area (Å²) in [6.07, 6.45) is 6.23. The van der Waals surface area contributed by atoms with E-state index in [9.17, 15) is 0 Å². The number of benzene rings is 1. The molecule has 1 aliphatic heterocycles. The topological polar surface area (TPSA) is 9.23 Å². The van der Waals surface area contributed by atoms with Crippen LogP contribution >= 0.6 is 0 Å². The van der Waals surface area contributed by atoms with Crippen LogP contribution in [0.5, 0.6) is 0 Å². The maximum absolute atomic E-state index is 5.46. The molecule has 0 fully saturated rings. The van der Waals surface area contributed by atoms with Gasteiger partial charge in [-0.2, -0.15) is 0 Å². The molecule has 2 rings (SSSR count). The predicted octanol–water partition coefficient (Wildman–Crippen LogP) is 2.24. The summed E-state index contributed by atoms with van der Waals surface area (Å²) in [5.74, 6) is 2.66. The summed E-state index contributed by atoms with van der Waals surface area (Å²) in [4.78, 5) is 0. The fraction of sp³-hybridized carbons (Fsp3) is 0.333. The number of rotatable bonds is 0. The van der Waals surface area contributed by atoms with Crippen molar-refractivity contribution >= 4 is 0 Å². The normalized spacial score (nSPS) is 20.5. The first-order chi connectivity index (χ1) is 6.31. The van der Waals surface area contributed by atoms with Gasteiger partial charge in [-0.1, -0.05) is 29.7 Å². The lowest BCUT2D eigenvalue weighted by molar-refractivity contribution is 0.0814. The smallest absolute Gasteiger partial charge is 0.143 e. The summed E-state index contributed by atoms with van der Waals surface area (Å²) >= 11 is 0. The molecule has 0 aliphatic carbocycles. The van der Waals surface area contributed by atoms with Crippen LogP contribution < -0.4 is 0 Å². The van der Waals surface area contributed by atoms with E-state index in [0.29, 0.717) is 0 Å². The summed E-state index contributed by atoms with van der Waals surface area (Å²) in [5.41, 5.74) is 3.80. The zero-order valence-electron chi connectivity index (χ0n) is 7.71. The van der Waals surface area contributed by atoms with Crippen LogP contribution in [-0.4, -0.2) is 6.61 Å². The molecule has 1 aromatic rings. The molecule has 1 heterocycles. The van der Waals surface area contributed by atoms with E-state index in [1.807, 2.05) is 0 Å². The van der Waals surface area contributed by atoms with Crippen molar-refractivity contribution in [1.29, 1.82) is 0 Å². The fourth-order valence-corrected chi connectivity index (χ4v) is 1.72. The molecule has 0 spiro atoms. The molecule has 0 bridgehead atoms.